The number of amides is 3. The molecule has 2 atom stereocenters. The minimum absolute atomic E-state index is 0.0481. The molecule has 0 bridgehead atoms. The molecule has 12 heteroatoms. The number of nitrogens with zero attached hydrogens (tertiary/aromatic N) is 1. The lowest BCUT2D eigenvalue weighted by Gasteiger charge is -2.17. The summed E-state index contributed by atoms with van der Waals surface area (Å²) in [6.45, 7) is -0.0481. The van der Waals surface area contributed by atoms with Crippen LogP contribution in [0.1, 0.15) is 21.8 Å². The zero-order valence-corrected chi connectivity index (χ0v) is 24.4. The lowest BCUT2D eigenvalue weighted by atomic mass is 10.1. The number of rotatable bonds is 8. The largest absolute Gasteiger partial charge is 0.375 e. The second-order valence-corrected chi connectivity index (χ2v) is 11.6. The summed E-state index contributed by atoms with van der Waals surface area (Å²) >= 11 is 31.4. The van der Waals surface area contributed by atoms with E-state index in [-0.39, 0.29) is 23.1 Å². The first kappa shape index (κ1) is 29.5. The van der Waals surface area contributed by atoms with Crippen molar-refractivity contribution in [3.05, 3.63) is 86.9 Å². The average molecular weight is 630 g/mol. The Labute approximate surface area is 250 Å². The van der Waals surface area contributed by atoms with E-state index < -0.39 is 28.0 Å². The fraction of sp³-hybridized carbons (Fsp3) is 0.222. The van der Waals surface area contributed by atoms with E-state index in [2.05, 4.69) is 10.6 Å². The van der Waals surface area contributed by atoms with Crippen LogP contribution < -0.4 is 15.5 Å². The van der Waals surface area contributed by atoms with Gasteiger partial charge in [-0.15, -0.1) is 23.2 Å². The van der Waals surface area contributed by atoms with Crippen molar-refractivity contribution in [1.29, 1.82) is 0 Å². The van der Waals surface area contributed by atoms with E-state index in [9.17, 15) is 14.4 Å². The maximum Gasteiger partial charge on any atom is 0.257 e. The van der Waals surface area contributed by atoms with Crippen LogP contribution in [-0.4, -0.2) is 42.8 Å². The molecule has 0 aromatic heterocycles. The van der Waals surface area contributed by atoms with Gasteiger partial charge in [-0.1, -0.05) is 34.8 Å². The molecule has 1 aliphatic carbocycles. The molecule has 2 N–H and O–H groups in total. The standard InChI is InChI=1S/C27H22Cl5N3O4/c1-35(22(36)13-39-2)19-6-3-17(4-7-19)33-25(37)20-12-18(5-8-21(20)30)34-26(38)24-23(27(24,31)32)14-9-15(28)11-16(29)10-14/h3-12,23-24H,13H2,1-2H3,(H,33,37)(H,34,38)/t23-,24+/m0/s1. The quantitative estimate of drug-likeness (QED) is 0.262. The zero-order chi connectivity index (χ0) is 28.5. The van der Waals surface area contributed by atoms with E-state index in [4.69, 9.17) is 62.7 Å². The van der Waals surface area contributed by atoms with Crippen molar-refractivity contribution in [2.24, 2.45) is 5.92 Å². The molecule has 1 saturated carbocycles. The molecule has 1 aliphatic rings. The van der Waals surface area contributed by atoms with Crippen molar-refractivity contribution in [2.75, 3.05) is 36.3 Å². The van der Waals surface area contributed by atoms with Gasteiger partial charge in [0.2, 0.25) is 5.91 Å². The van der Waals surface area contributed by atoms with Gasteiger partial charge in [-0.3, -0.25) is 14.4 Å². The van der Waals surface area contributed by atoms with Crippen molar-refractivity contribution >= 4 is 92.8 Å². The molecule has 3 aromatic carbocycles. The number of ether oxygens (including phenoxy) is 1. The first-order valence-corrected chi connectivity index (χ1v) is 13.4. The summed E-state index contributed by atoms with van der Waals surface area (Å²) in [5, 5.41) is 6.51. The van der Waals surface area contributed by atoms with Crippen LogP contribution in [0.25, 0.3) is 0 Å². The Kier molecular flexibility index (Phi) is 9.01. The molecule has 39 heavy (non-hydrogen) atoms. The van der Waals surface area contributed by atoms with Crippen LogP contribution in [0.2, 0.25) is 15.1 Å². The van der Waals surface area contributed by atoms with E-state index in [1.165, 1.54) is 24.1 Å². The van der Waals surface area contributed by atoms with Crippen molar-refractivity contribution in [2.45, 2.75) is 10.3 Å². The Balaban J connectivity index is 1.45. The maximum atomic E-state index is 13.1. The number of methoxy groups -OCH3 is 1. The summed E-state index contributed by atoms with van der Waals surface area (Å²) in [6.07, 6.45) is 0. The lowest BCUT2D eigenvalue weighted by Crippen LogP contribution is -2.29. The van der Waals surface area contributed by atoms with Crippen LogP contribution in [0, 0.1) is 5.92 Å². The predicted molar refractivity (Wildman–Crippen MR) is 157 cm³/mol. The highest BCUT2D eigenvalue weighted by Crippen LogP contribution is 2.65. The van der Waals surface area contributed by atoms with E-state index >= 15 is 0 Å². The van der Waals surface area contributed by atoms with Crippen LogP contribution >= 0.6 is 58.0 Å². The second-order valence-electron chi connectivity index (χ2n) is 8.90. The third-order valence-electron chi connectivity index (χ3n) is 6.21. The molecule has 0 unspecified atom stereocenters. The van der Waals surface area contributed by atoms with E-state index in [0.29, 0.717) is 32.7 Å². The number of carbonyl (C=O) groups is 3. The molecular weight excluding hydrogens is 608 g/mol. The first-order valence-electron chi connectivity index (χ1n) is 11.5. The number of alkyl halides is 2. The topological polar surface area (TPSA) is 87.7 Å². The van der Waals surface area contributed by atoms with Gasteiger partial charge in [0, 0.05) is 47.2 Å². The van der Waals surface area contributed by atoms with Gasteiger partial charge in [0.05, 0.1) is 16.5 Å². The summed E-state index contributed by atoms with van der Waals surface area (Å²) in [7, 11) is 3.07. The van der Waals surface area contributed by atoms with E-state index in [1.807, 2.05) is 0 Å². The van der Waals surface area contributed by atoms with Gasteiger partial charge >= 0.3 is 0 Å². The SMILES string of the molecule is COCC(=O)N(C)c1ccc(NC(=O)c2cc(NC(=O)[C@H]3[C@H](c4cc(Cl)cc(Cl)c4)C3(Cl)Cl)ccc2Cl)cc1. The smallest absolute Gasteiger partial charge is 0.257 e. The molecule has 1 fully saturated rings. The Hall–Kier alpha value is -2.52. The van der Waals surface area contributed by atoms with E-state index in [0.717, 1.165) is 0 Å². The Morgan fingerprint density at radius 2 is 1.51 bits per heavy atom. The third kappa shape index (κ3) is 6.62. The molecule has 3 aromatic rings. The van der Waals surface area contributed by atoms with Crippen LogP contribution in [0.4, 0.5) is 17.1 Å². The van der Waals surface area contributed by atoms with Gasteiger partial charge < -0.3 is 20.3 Å². The normalized spacial score (nSPS) is 17.3. The summed E-state index contributed by atoms with van der Waals surface area (Å²) in [5.74, 6) is -2.42. The molecule has 0 radical (unpaired) electrons. The van der Waals surface area contributed by atoms with Gasteiger partial charge in [-0.2, -0.15) is 0 Å². The van der Waals surface area contributed by atoms with Crippen molar-refractivity contribution in [3.8, 4) is 0 Å². The molecule has 0 spiro atoms. The second kappa shape index (κ2) is 11.9. The van der Waals surface area contributed by atoms with E-state index in [1.54, 1.807) is 55.6 Å². The minimum Gasteiger partial charge on any atom is -0.375 e. The monoisotopic (exact) mass is 627 g/mol. The molecule has 7 nitrogen and oxygen atoms in total. The molecule has 3 amide bonds. The number of carbonyl (C=O) groups excluding carboxylic acids is 3. The molecule has 0 saturated heterocycles. The summed E-state index contributed by atoms with van der Waals surface area (Å²) in [4.78, 5) is 39.5. The highest BCUT2D eigenvalue weighted by Gasteiger charge is 2.67. The number of anilines is 3. The number of likely N-dealkylation sites (N-methyl/N-ethyl adjacent to an activating group) is 1. The zero-order valence-electron chi connectivity index (χ0n) is 20.6. The van der Waals surface area contributed by atoms with Crippen LogP contribution in [-0.2, 0) is 14.3 Å². The fourth-order valence-electron chi connectivity index (χ4n) is 4.15. The molecule has 0 heterocycles. The van der Waals surface area contributed by atoms with Gasteiger partial charge in [-0.25, -0.2) is 0 Å². The number of nitrogens with one attached hydrogen (secondary N) is 2. The van der Waals surface area contributed by atoms with Crippen LogP contribution in [0.3, 0.4) is 0 Å². The number of hydrogen-bond donors (Lipinski definition) is 2. The third-order valence-corrected chi connectivity index (χ3v) is 7.92. The number of hydrogen-bond acceptors (Lipinski definition) is 4. The summed E-state index contributed by atoms with van der Waals surface area (Å²) in [5.41, 5.74) is 2.24. The predicted octanol–water partition coefficient (Wildman–Crippen LogP) is 7.03. The highest BCUT2D eigenvalue weighted by atomic mass is 35.5. The fourth-order valence-corrected chi connectivity index (χ4v) is 5.72. The molecular formula is C27H22Cl5N3O4. The Morgan fingerprint density at radius 3 is 2.13 bits per heavy atom. The molecule has 0 aliphatic heterocycles. The minimum atomic E-state index is -1.35. The van der Waals surface area contributed by atoms with Crippen molar-refractivity contribution in [1.82, 2.24) is 0 Å². The first-order chi connectivity index (χ1) is 18.4. The highest BCUT2D eigenvalue weighted by molar-refractivity contribution is 6.53. The molecule has 204 valence electrons. The van der Waals surface area contributed by atoms with Crippen molar-refractivity contribution < 1.29 is 19.1 Å². The van der Waals surface area contributed by atoms with Crippen LogP contribution in [0.5, 0.6) is 0 Å². The molecule has 4 rings (SSSR count). The number of halogens is 5. The summed E-state index contributed by atoms with van der Waals surface area (Å²) in [6, 6.07) is 16.1. The van der Waals surface area contributed by atoms with Crippen LogP contribution in [0.15, 0.2) is 60.7 Å². The van der Waals surface area contributed by atoms with Gasteiger partial charge in [0.1, 0.15) is 10.9 Å². The lowest BCUT2D eigenvalue weighted by molar-refractivity contribution is -0.122. The van der Waals surface area contributed by atoms with Gasteiger partial charge in [0.25, 0.3) is 11.8 Å². The summed E-state index contributed by atoms with van der Waals surface area (Å²) < 4.78 is 3.52. The number of benzene rings is 3. The maximum absolute atomic E-state index is 13.1. The van der Waals surface area contributed by atoms with Gasteiger partial charge in [-0.05, 0) is 66.2 Å². The van der Waals surface area contributed by atoms with Gasteiger partial charge in [0.15, 0.2) is 0 Å². The average Bonchev–Trinajstić information content (AvgIpc) is 3.46. The van der Waals surface area contributed by atoms with Crippen molar-refractivity contribution in [3.63, 3.8) is 0 Å². The Morgan fingerprint density at radius 1 is 0.897 bits per heavy atom. The Bertz CT molecular complexity index is 1410.